The van der Waals surface area contributed by atoms with Gasteiger partial charge in [0.05, 0.1) is 6.04 Å². The molecule has 1 unspecified atom stereocenters. The van der Waals surface area contributed by atoms with Crippen LogP contribution >= 0.6 is 24.0 Å². The summed E-state index contributed by atoms with van der Waals surface area (Å²) in [4.78, 5) is 4.25. The molecule has 0 radical (unpaired) electrons. The van der Waals surface area contributed by atoms with Gasteiger partial charge >= 0.3 is 0 Å². The van der Waals surface area contributed by atoms with Crippen LogP contribution in [0.4, 0.5) is 0 Å². The highest BCUT2D eigenvalue weighted by molar-refractivity contribution is 14.0. The third-order valence-corrected chi connectivity index (χ3v) is 3.54. The minimum atomic E-state index is 0. The highest BCUT2D eigenvalue weighted by atomic mass is 127. The van der Waals surface area contributed by atoms with Crippen LogP contribution < -0.4 is 10.6 Å². The predicted molar refractivity (Wildman–Crippen MR) is 93.7 cm³/mol. The van der Waals surface area contributed by atoms with E-state index in [1.807, 2.05) is 19.1 Å². The van der Waals surface area contributed by atoms with Crippen molar-refractivity contribution in [1.82, 2.24) is 10.6 Å². The van der Waals surface area contributed by atoms with Crippen molar-refractivity contribution in [1.29, 1.82) is 0 Å². The minimum Gasteiger partial charge on any atom is -0.464 e. The zero-order valence-corrected chi connectivity index (χ0v) is 14.9. The van der Waals surface area contributed by atoms with E-state index in [2.05, 4.69) is 22.5 Å². The zero-order chi connectivity index (χ0) is 13.7. The molecule has 1 aromatic heterocycles. The Morgan fingerprint density at radius 2 is 2.20 bits per heavy atom. The minimum absolute atomic E-state index is 0. The zero-order valence-electron chi connectivity index (χ0n) is 12.6. The molecule has 20 heavy (non-hydrogen) atoms. The lowest BCUT2D eigenvalue weighted by atomic mass is 10.2. The third-order valence-electron chi connectivity index (χ3n) is 3.54. The first-order valence-corrected chi connectivity index (χ1v) is 7.22. The van der Waals surface area contributed by atoms with E-state index >= 15 is 0 Å². The smallest absolute Gasteiger partial charge is 0.191 e. The van der Waals surface area contributed by atoms with Crippen molar-refractivity contribution in [2.75, 3.05) is 13.6 Å². The summed E-state index contributed by atoms with van der Waals surface area (Å²) < 4.78 is 5.61. The maximum Gasteiger partial charge on any atom is 0.191 e. The number of aliphatic imine (C=N–C) groups is 1. The van der Waals surface area contributed by atoms with E-state index < -0.39 is 0 Å². The predicted octanol–water partition coefficient (Wildman–Crippen LogP) is 3.62. The molecule has 1 heterocycles. The van der Waals surface area contributed by atoms with Gasteiger partial charge in [-0.2, -0.15) is 0 Å². The van der Waals surface area contributed by atoms with Gasteiger partial charge in [-0.05, 0) is 44.7 Å². The van der Waals surface area contributed by atoms with Crippen molar-refractivity contribution >= 4 is 29.9 Å². The second-order valence-electron chi connectivity index (χ2n) is 5.40. The van der Waals surface area contributed by atoms with E-state index in [1.54, 1.807) is 7.05 Å². The van der Waals surface area contributed by atoms with Crippen molar-refractivity contribution in [3.63, 3.8) is 0 Å². The van der Waals surface area contributed by atoms with Crippen molar-refractivity contribution in [3.05, 3.63) is 23.7 Å². The summed E-state index contributed by atoms with van der Waals surface area (Å²) in [6, 6.07) is 4.12. The maximum absolute atomic E-state index is 5.61. The Kier molecular flexibility index (Phi) is 7.40. The average molecular weight is 391 g/mol. The molecule has 0 bridgehead atoms. The second-order valence-corrected chi connectivity index (χ2v) is 5.40. The van der Waals surface area contributed by atoms with E-state index in [0.717, 1.165) is 29.9 Å². The molecule has 114 valence electrons. The van der Waals surface area contributed by atoms with Crippen LogP contribution in [0.25, 0.3) is 0 Å². The number of nitrogens with zero attached hydrogens (tertiary/aromatic N) is 1. The van der Waals surface area contributed by atoms with Crippen LogP contribution in [0.2, 0.25) is 0 Å². The van der Waals surface area contributed by atoms with Gasteiger partial charge < -0.3 is 15.1 Å². The van der Waals surface area contributed by atoms with Gasteiger partial charge in [0.1, 0.15) is 11.5 Å². The van der Waals surface area contributed by atoms with Crippen LogP contribution in [-0.2, 0) is 0 Å². The molecule has 0 spiro atoms. The maximum atomic E-state index is 5.61. The monoisotopic (exact) mass is 391 g/mol. The average Bonchev–Trinajstić information content (AvgIpc) is 3.13. The summed E-state index contributed by atoms with van der Waals surface area (Å²) in [6.45, 7) is 5.02. The number of nitrogens with one attached hydrogen (secondary N) is 2. The topological polar surface area (TPSA) is 49.6 Å². The Labute approximate surface area is 138 Å². The van der Waals surface area contributed by atoms with Crippen LogP contribution in [0.5, 0.6) is 0 Å². The molecule has 4 nitrogen and oxygen atoms in total. The van der Waals surface area contributed by atoms with E-state index in [1.165, 1.54) is 25.7 Å². The van der Waals surface area contributed by atoms with Crippen molar-refractivity contribution in [2.24, 2.45) is 10.9 Å². The Morgan fingerprint density at radius 1 is 1.45 bits per heavy atom. The van der Waals surface area contributed by atoms with Gasteiger partial charge in [0, 0.05) is 13.6 Å². The van der Waals surface area contributed by atoms with E-state index in [-0.39, 0.29) is 30.0 Å². The molecule has 0 aliphatic heterocycles. The van der Waals surface area contributed by atoms with Crippen LogP contribution in [0, 0.1) is 12.8 Å². The lowest BCUT2D eigenvalue weighted by molar-refractivity contribution is 0.441. The van der Waals surface area contributed by atoms with Crippen molar-refractivity contribution in [2.45, 2.75) is 45.6 Å². The Hall–Kier alpha value is -0.720. The SMILES string of the molecule is CN=C(NCCCC1CC1)NC(C)c1ccc(C)o1.I. The molecule has 1 aliphatic carbocycles. The normalized spacial score (nSPS) is 16.4. The number of furan rings is 1. The summed E-state index contributed by atoms with van der Waals surface area (Å²) in [5, 5.41) is 6.70. The third kappa shape index (κ3) is 5.73. The molecular weight excluding hydrogens is 365 g/mol. The molecule has 0 aromatic carbocycles. The summed E-state index contributed by atoms with van der Waals surface area (Å²) in [7, 11) is 1.80. The van der Waals surface area contributed by atoms with Crippen LogP contribution in [-0.4, -0.2) is 19.6 Å². The molecule has 0 amide bonds. The number of hydrogen-bond donors (Lipinski definition) is 2. The molecule has 1 aliphatic rings. The molecule has 1 saturated carbocycles. The van der Waals surface area contributed by atoms with Gasteiger partial charge in [-0.3, -0.25) is 4.99 Å². The lowest BCUT2D eigenvalue weighted by Gasteiger charge is -2.16. The van der Waals surface area contributed by atoms with E-state index in [0.29, 0.717) is 0 Å². The Balaban J connectivity index is 0.00000200. The fourth-order valence-electron chi connectivity index (χ4n) is 2.16. The van der Waals surface area contributed by atoms with Crippen molar-refractivity contribution < 1.29 is 4.42 Å². The largest absolute Gasteiger partial charge is 0.464 e. The molecule has 1 atom stereocenters. The second kappa shape index (κ2) is 8.54. The van der Waals surface area contributed by atoms with Gasteiger partial charge in [-0.25, -0.2) is 0 Å². The molecule has 5 heteroatoms. The number of guanidine groups is 1. The van der Waals surface area contributed by atoms with Gasteiger partial charge in [0.25, 0.3) is 0 Å². The number of rotatable bonds is 6. The molecule has 2 N–H and O–H groups in total. The molecular formula is C15H26IN3O. The lowest BCUT2D eigenvalue weighted by Crippen LogP contribution is -2.39. The fraction of sp³-hybridized carbons (Fsp3) is 0.667. The molecule has 0 saturated heterocycles. The van der Waals surface area contributed by atoms with Gasteiger partial charge in [0.2, 0.25) is 0 Å². The highest BCUT2D eigenvalue weighted by Crippen LogP contribution is 2.33. The van der Waals surface area contributed by atoms with Crippen LogP contribution in [0.3, 0.4) is 0 Å². The van der Waals surface area contributed by atoms with E-state index in [9.17, 15) is 0 Å². The summed E-state index contributed by atoms with van der Waals surface area (Å²) in [6.07, 6.45) is 5.43. The van der Waals surface area contributed by atoms with E-state index in [4.69, 9.17) is 4.42 Å². The fourth-order valence-corrected chi connectivity index (χ4v) is 2.16. The first kappa shape index (κ1) is 17.3. The van der Waals surface area contributed by atoms with Gasteiger partial charge in [-0.1, -0.05) is 12.8 Å². The molecule has 1 fully saturated rings. The van der Waals surface area contributed by atoms with Gasteiger partial charge in [0.15, 0.2) is 5.96 Å². The summed E-state index contributed by atoms with van der Waals surface area (Å²) >= 11 is 0. The summed E-state index contributed by atoms with van der Waals surface area (Å²) in [5.41, 5.74) is 0. The number of halogens is 1. The molecule has 1 aromatic rings. The highest BCUT2D eigenvalue weighted by Gasteiger charge is 2.20. The van der Waals surface area contributed by atoms with Crippen LogP contribution in [0.1, 0.15) is 50.2 Å². The van der Waals surface area contributed by atoms with Gasteiger partial charge in [-0.15, -0.1) is 24.0 Å². The first-order chi connectivity index (χ1) is 9.19. The Morgan fingerprint density at radius 3 is 2.75 bits per heavy atom. The standard InChI is InChI=1S/C15H25N3O.HI/c1-11-6-9-14(19-11)12(2)18-15(16-3)17-10-4-5-13-7-8-13;/h6,9,12-13H,4-5,7-8,10H2,1-3H3,(H2,16,17,18);1H. The molecule has 2 rings (SSSR count). The number of aryl methyl sites for hydroxylation is 1. The van der Waals surface area contributed by atoms with Crippen LogP contribution in [0.15, 0.2) is 21.5 Å². The number of hydrogen-bond acceptors (Lipinski definition) is 2. The Bertz CT molecular complexity index is 427. The summed E-state index contributed by atoms with van der Waals surface area (Å²) in [5.74, 6) is 3.73. The van der Waals surface area contributed by atoms with Crippen molar-refractivity contribution in [3.8, 4) is 0 Å². The quantitative estimate of drug-likeness (QED) is 0.337. The first-order valence-electron chi connectivity index (χ1n) is 7.22.